The van der Waals surface area contributed by atoms with E-state index in [1.54, 1.807) is 18.2 Å². The van der Waals surface area contributed by atoms with Crippen molar-refractivity contribution in [2.24, 2.45) is 0 Å². The zero-order valence-electron chi connectivity index (χ0n) is 12.8. The van der Waals surface area contributed by atoms with Gasteiger partial charge >= 0.3 is 5.97 Å². The molecule has 0 aliphatic rings. The first-order valence-electron chi connectivity index (χ1n) is 7.41. The molecule has 120 valence electrons. The van der Waals surface area contributed by atoms with Gasteiger partial charge in [-0.05, 0) is 29.3 Å². The largest absolute Gasteiger partial charge is 0.461 e. The number of hydrogen-bond donors (Lipinski definition) is 0. The first-order chi connectivity index (χ1) is 11.2. The van der Waals surface area contributed by atoms with E-state index in [2.05, 4.69) is 0 Å². The standard InChI is InChI=1S/C19H19ClO3/c20-18-10-8-16(9-11-18)14-19(21)23-13-5-4-12-22-15-17-6-2-1-3-7-17/h1-11H,12-15H2/b5-4+. The van der Waals surface area contributed by atoms with Crippen molar-refractivity contribution in [3.8, 4) is 0 Å². The molecule has 0 aromatic heterocycles. The van der Waals surface area contributed by atoms with Gasteiger partial charge in [-0.2, -0.15) is 0 Å². The van der Waals surface area contributed by atoms with E-state index in [1.807, 2.05) is 48.5 Å². The van der Waals surface area contributed by atoms with Gasteiger partial charge in [-0.1, -0.05) is 60.1 Å². The highest BCUT2D eigenvalue weighted by atomic mass is 35.5. The van der Waals surface area contributed by atoms with Crippen LogP contribution in [0.15, 0.2) is 66.7 Å². The summed E-state index contributed by atoms with van der Waals surface area (Å²) in [6.07, 6.45) is 3.87. The van der Waals surface area contributed by atoms with Gasteiger partial charge in [0.15, 0.2) is 0 Å². The Morgan fingerprint density at radius 2 is 1.61 bits per heavy atom. The van der Waals surface area contributed by atoms with Crippen molar-refractivity contribution in [3.63, 3.8) is 0 Å². The molecule has 0 aliphatic heterocycles. The average Bonchev–Trinajstić information content (AvgIpc) is 2.57. The first-order valence-corrected chi connectivity index (χ1v) is 7.78. The summed E-state index contributed by atoms with van der Waals surface area (Å²) in [5.74, 6) is -0.262. The zero-order chi connectivity index (χ0) is 16.3. The van der Waals surface area contributed by atoms with Crippen molar-refractivity contribution in [2.45, 2.75) is 13.0 Å². The van der Waals surface area contributed by atoms with Gasteiger partial charge in [0.25, 0.3) is 0 Å². The number of benzene rings is 2. The molecule has 0 heterocycles. The van der Waals surface area contributed by atoms with Crippen LogP contribution >= 0.6 is 11.6 Å². The Morgan fingerprint density at radius 3 is 2.35 bits per heavy atom. The molecule has 0 N–H and O–H groups in total. The summed E-state index contributed by atoms with van der Waals surface area (Å²) >= 11 is 5.79. The lowest BCUT2D eigenvalue weighted by atomic mass is 10.1. The predicted octanol–water partition coefficient (Wildman–Crippen LogP) is 4.20. The average molecular weight is 331 g/mol. The lowest BCUT2D eigenvalue weighted by Gasteiger charge is -2.03. The van der Waals surface area contributed by atoms with Gasteiger partial charge in [0.2, 0.25) is 0 Å². The molecule has 23 heavy (non-hydrogen) atoms. The minimum absolute atomic E-state index is 0.246. The lowest BCUT2D eigenvalue weighted by molar-refractivity contribution is -0.141. The summed E-state index contributed by atoms with van der Waals surface area (Å²) in [6, 6.07) is 17.1. The number of halogens is 1. The van der Waals surface area contributed by atoms with Gasteiger partial charge in [-0.3, -0.25) is 4.79 Å². The summed E-state index contributed by atoms with van der Waals surface area (Å²) in [5, 5.41) is 0.653. The normalized spacial score (nSPS) is 10.8. The van der Waals surface area contributed by atoms with Gasteiger partial charge < -0.3 is 9.47 Å². The third-order valence-corrected chi connectivity index (χ3v) is 3.35. The van der Waals surface area contributed by atoms with Crippen LogP contribution in [0.3, 0.4) is 0 Å². The van der Waals surface area contributed by atoms with E-state index in [-0.39, 0.29) is 19.0 Å². The second kappa shape index (κ2) is 9.82. The van der Waals surface area contributed by atoms with Crippen LogP contribution < -0.4 is 0 Å². The minimum Gasteiger partial charge on any atom is -0.461 e. The third-order valence-electron chi connectivity index (χ3n) is 3.09. The molecular formula is C19H19ClO3. The second-order valence-corrected chi connectivity index (χ2v) is 5.39. The molecule has 3 nitrogen and oxygen atoms in total. The van der Waals surface area contributed by atoms with E-state index in [4.69, 9.17) is 21.1 Å². The van der Waals surface area contributed by atoms with Crippen LogP contribution in [0.5, 0.6) is 0 Å². The van der Waals surface area contributed by atoms with E-state index in [0.29, 0.717) is 18.2 Å². The molecule has 0 aliphatic carbocycles. The fourth-order valence-electron chi connectivity index (χ4n) is 1.92. The second-order valence-electron chi connectivity index (χ2n) is 4.96. The molecule has 0 unspecified atom stereocenters. The van der Waals surface area contributed by atoms with Crippen LogP contribution in [0.2, 0.25) is 5.02 Å². The predicted molar refractivity (Wildman–Crippen MR) is 91.4 cm³/mol. The highest BCUT2D eigenvalue weighted by molar-refractivity contribution is 6.30. The first kappa shape index (κ1) is 17.3. The highest BCUT2D eigenvalue weighted by Gasteiger charge is 2.03. The molecule has 2 aromatic carbocycles. The van der Waals surface area contributed by atoms with Gasteiger partial charge in [0, 0.05) is 5.02 Å². The van der Waals surface area contributed by atoms with E-state index in [1.165, 1.54) is 0 Å². The number of ether oxygens (including phenoxy) is 2. The third kappa shape index (κ3) is 7.13. The summed E-state index contributed by atoms with van der Waals surface area (Å²) in [7, 11) is 0. The van der Waals surface area contributed by atoms with Gasteiger partial charge in [0.05, 0.1) is 19.6 Å². The van der Waals surface area contributed by atoms with E-state index in [0.717, 1.165) is 11.1 Å². The van der Waals surface area contributed by atoms with Crippen LogP contribution in [0.4, 0.5) is 0 Å². The molecule has 2 aromatic rings. The van der Waals surface area contributed by atoms with Crippen LogP contribution in [0, 0.1) is 0 Å². The summed E-state index contributed by atoms with van der Waals surface area (Å²) in [4.78, 5) is 11.7. The molecular weight excluding hydrogens is 312 g/mol. The molecule has 0 saturated heterocycles. The maximum atomic E-state index is 11.7. The molecule has 0 radical (unpaired) electrons. The summed E-state index contributed by atoms with van der Waals surface area (Å²) in [5.41, 5.74) is 2.02. The maximum Gasteiger partial charge on any atom is 0.310 e. The Hall–Kier alpha value is -2.10. The molecule has 2 rings (SSSR count). The number of hydrogen-bond acceptors (Lipinski definition) is 3. The number of rotatable bonds is 8. The quantitative estimate of drug-likeness (QED) is 0.413. The molecule has 0 atom stereocenters. The van der Waals surface area contributed by atoms with Crippen molar-refractivity contribution in [2.75, 3.05) is 13.2 Å². The van der Waals surface area contributed by atoms with Gasteiger partial charge in [-0.15, -0.1) is 0 Å². The fraction of sp³-hybridized carbons (Fsp3) is 0.211. The topological polar surface area (TPSA) is 35.5 Å². The summed E-state index contributed by atoms with van der Waals surface area (Å²) < 4.78 is 10.6. The van der Waals surface area contributed by atoms with Crippen molar-refractivity contribution in [1.82, 2.24) is 0 Å². The number of carbonyl (C=O) groups excluding carboxylic acids is 1. The molecule has 0 saturated carbocycles. The monoisotopic (exact) mass is 330 g/mol. The van der Waals surface area contributed by atoms with E-state index >= 15 is 0 Å². The molecule has 0 fully saturated rings. The lowest BCUT2D eigenvalue weighted by Crippen LogP contribution is -2.08. The van der Waals surface area contributed by atoms with Crippen molar-refractivity contribution < 1.29 is 14.3 Å². The number of carbonyl (C=O) groups is 1. The molecule has 0 amide bonds. The number of esters is 1. The fourth-order valence-corrected chi connectivity index (χ4v) is 2.04. The Morgan fingerprint density at radius 1 is 0.913 bits per heavy atom. The van der Waals surface area contributed by atoms with Crippen molar-refractivity contribution in [3.05, 3.63) is 82.9 Å². The van der Waals surface area contributed by atoms with Crippen LogP contribution in [0.1, 0.15) is 11.1 Å². The molecule has 4 heteroatoms. The molecule has 0 bridgehead atoms. The van der Waals surface area contributed by atoms with E-state index in [9.17, 15) is 4.79 Å². The van der Waals surface area contributed by atoms with Crippen LogP contribution in [-0.4, -0.2) is 19.2 Å². The Bertz CT molecular complexity index is 621. The van der Waals surface area contributed by atoms with Gasteiger partial charge in [-0.25, -0.2) is 0 Å². The SMILES string of the molecule is O=C(Cc1ccc(Cl)cc1)OC/C=C/COCc1ccccc1. The van der Waals surface area contributed by atoms with E-state index < -0.39 is 0 Å². The van der Waals surface area contributed by atoms with Crippen LogP contribution in [-0.2, 0) is 27.3 Å². The minimum atomic E-state index is -0.262. The van der Waals surface area contributed by atoms with Crippen LogP contribution in [0.25, 0.3) is 0 Å². The smallest absolute Gasteiger partial charge is 0.310 e. The Labute approximate surface area is 141 Å². The summed E-state index contributed by atoms with van der Waals surface area (Å²) in [6.45, 7) is 1.31. The maximum absolute atomic E-state index is 11.7. The van der Waals surface area contributed by atoms with Gasteiger partial charge in [0.1, 0.15) is 6.61 Å². The van der Waals surface area contributed by atoms with Crippen molar-refractivity contribution in [1.29, 1.82) is 0 Å². The zero-order valence-corrected chi connectivity index (χ0v) is 13.5. The molecule has 0 spiro atoms. The highest BCUT2D eigenvalue weighted by Crippen LogP contribution is 2.10. The Kier molecular flexibility index (Phi) is 7.37. The Balaban J connectivity index is 1.57. The van der Waals surface area contributed by atoms with Crippen molar-refractivity contribution >= 4 is 17.6 Å².